The van der Waals surface area contributed by atoms with E-state index in [1.165, 1.54) is 20.3 Å². The van der Waals surface area contributed by atoms with Crippen LogP contribution >= 0.6 is 11.6 Å². The molecule has 0 aromatic rings. The lowest BCUT2D eigenvalue weighted by molar-refractivity contribution is -0.135. The van der Waals surface area contributed by atoms with Gasteiger partial charge in [-0.2, -0.15) is 0 Å². The summed E-state index contributed by atoms with van der Waals surface area (Å²) in [6, 6.07) is 0. The highest BCUT2D eigenvalue weighted by Gasteiger charge is 2.12. The SMILES string of the molecule is C=C(C)/C(Cl)=C\C(C(=O)OC)=C(/C)OC. The molecule has 0 aromatic heterocycles. The van der Waals surface area contributed by atoms with Crippen molar-refractivity contribution in [3.05, 3.63) is 34.6 Å². The van der Waals surface area contributed by atoms with Gasteiger partial charge in [-0.3, -0.25) is 0 Å². The Kier molecular flexibility index (Phi) is 5.79. The van der Waals surface area contributed by atoms with Crippen molar-refractivity contribution in [2.75, 3.05) is 14.2 Å². The van der Waals surface area contributed by atoms with E-state index in [0.717, 1.165) is 0 Å². The van der Waals surface area contributed by atoms with Gasteiger partial charge < -0.3 is 9.47 Å². The zero-order valence-corrected chi connectivity index (χ0v) is 10.1. The molecular formula is C11H15ClO3. The van der Waals surface area contributed by atoms with Crippen molar-refractivity contribution in [3.8, 4) is 0 Å². The van der Waals surface area contributed by atoms with Crippen LogP contribution in [-0.2, 0) is 14.3 Å². The second-order valence-corrected chi connectivity index (χ2v) is 3.35. The molecule has 0 spiro atoms. The number of methoxy groups -OCH3 is 2. The Morgan fingerprint density at radius 2 is 1.80 bits per heavy atom. The van der Waals surface area contributed by atoms with Crippen molar-refractivity contribution in [1.82, 2.24) is 0 Å². The van der Waals surface area contributed by atoms with Gasteiger partial charge in [-0.1, -0.05) is 18.2 Å². The largest absolute Gasteiger partial charge is 0.500 e. The Balaban J connectivity index is 5.25. The van der Waals surface area contributed by atoms with E-state index in [2.05, 4.69) is 11.3 Å². The van der Waals surface area contributed by atoms with Gasteiger partial charge in [-0.25, -0.2) is 4.79 Å². The standard InChI is InChI=1S/C11H15ClO3/c1-7(2)10(12)6-9(8(3)14-4)11(13)15-5/h6H,1H2,2-5H3/b9-8-,10-6+. The zero-order chi connectivity index (χ0) is 12.0. The molecule has 0 fully saturated rings. The van der Waals surface area contributed by atoms with Gasteiger partial charge in [0.05, 0.1) is 19.8 Å². The molecule has 0 aliphatic heterocycles. The summed E-state index contributed by atoms with van der Waals surface area (Å²) < 4.78 is 9.57. The van der Waals surface area contributed by atoms with E-state index in [-0.39, 0.29) is 5.57 Å². The number of rotatable bonds is 4. The van der Waals surface area contributed by atoms with Crippen LogP contribution in [0.2, 0.25) is 0 Å². The summed E-state index contributed by atoms with van der Waals surface area (Å²) in [4.78, 5) is 11.4. The predicted molar refractivity (Wildman–Crippen MR) is 60.5 cm³/mol. The number of ether oxygens (including phenoxy) is 2. The van der Waals surface area contributed by atoms with Crippen molar-refractivity contribution in [2.45, 2.75) is 13.8 Å². The van der Waals surface area contributed by atoms with E-state index < -0.39 is 5.97 Å². The third-order valence-electron chi connectivity index (χ3n) is 1.77. The third-order valence-corrected chi connectivity index (χ3v) is 2.20. The molecule has 4 heteroatoms. The lowest BCUT2D eigenvalue weighted by atomic mass is 10.2. The highest BCUT2D eigenvalue weighted by atomic mass is 35.5. The summed E-state index contributed by atoms with van der Waals surface area (Å²) in [7, 11) is 2.77. The van der Waals surface area contributed by atoms with Crippen LogP contribution in [0.4, 0.5) is 0 Å². The molecule has 0 rings (SSSR count). The Morgan fingerprint density at radius 1 is 1.27 bits per heavy atom. The van der Waals surface area contributed by atoms with Gasteiger partial charge in [0.25, 0.3) is 0 Å². The zero-order valence-electron chi connectivity index (χ0n) is 9.39. The number of carbonyl (C=O) groups is 1. The van der Waals surface area contributed by atoms with Crippen LogP contribution in [0, 0.1) is 0 Å². The maximum absolute atomic E-state index is 11.4. The van der Waals surface area contributed by atoms with E-state index in [9.17, 15) is 4.79 Å². The van der Waals surface area contributed by atoms with Crippen LogP contribution in [0.3, 0.4) is 0 Å². The number of carbonyl (C=O) groups excluding carboxylic acids is 1. The smallest absolute Gasteiger partial charge is 0.341 e. The molecule has 0 saturated heterocycles. The fourth-order valence-electron chi connectivity index (χ4n) is 0.774. The summed E-state index contributed by atoms with van der Waals surface area (Å²) in [6.45, 7) is 7.07. The van der Waals surface area contributed by atoms with Gasteiger partial charge in [0, 0.05) is 5.03 Å². The minimum absolute atomic E-state index is 0.285. The predicted octanol–water partition coefficient (Wildman–Crippen LogP) is 2.78. The van der Waals surface area contributed by atoms with Crippen LogP contribution < -0.4 is 0 Å². The minimum Gasteiger partial charge on any atom is -0.500 e. The van der Waals surface area contributed by atoms with Crippen LogP contribution in [0.1, 0.15) is 13.8 Å². The summed E-state index contributed by atoms with van der Waals surface area (Å²) in [5.41, 5.74) is 0.954. The maximum Gasteiger partial charge on any atom is 0.341 e. The topological polar surface area (TPSA) is 35.5 Å². The number of halogens is 1. The number of hydrogen-bond donors (Lipinski definition) is 0. The molecule has 0 saturated carbocycles. The van der Waals surface area contributed by atoms with Gasteiger partial charge in [0.2, 0.25) is 0 Å². The van der Waals surface area contributed by atoms with Crippen molar-refractivity contribution in [2.24, 2.45) is 0 Å². The van der Waals surface area contributed by atoms with E-state index in [0.29, 0.717) is 16.4 Å². The average Bonchev–Trinajstić information content (AvgIpc) is 2.23. The summed E-state index contributed by atoms with van der Waals surface area (Å²) in [5.74, 6) is -0.0463. The minimum atomic E-state index is -0.492. The first-order chi connectivity index (χ1) is 6.93. The molecule has 0 atom stereocenters. The number of hydrogen-bond acceptors (Lipinski definition) is 3. The average molecular weight is 231 g/mol. The van der Waals surface area contributed by atoms with E-state index in [1.807, 2.05) is 0 Å². The fraction of sp³-hybridized carbons (Fsp3) is 0.364. The Morgan fingerprint density at radius 3 is 2.13 bits per heavy atom. The first kappa shape index (κ1) is 13.8. The highest BCUT2D eigenvalue weighted by Crippen LogP contribution is 2.18. The molecule has 0 bridgehead atoms. The van der Waals surface area contributed by atoms with Gasteiger partial charge in [0.1, 0.15) is 5.76 Å². The molecule has 0 aliphatic rings. The molecule has 0 radical (unpaired) electrons. The van der Waals surface area contributed by atoms with Gasteiger partial charge >= 0.3 is 5.97 Å². The monoisotopic (exact) mass is 230 g/mol. The highest BCUT2D eigenvalue weighted by molar-refractivity contribution is 6.32. The quantitative estimate of drug-likeness (QED) is 0.322. The fourth-order valence-corrected chi connectivity index (χ4v) is 0.883. The lowest BCUT2D eigenvalue weighted by Gasteiger charge is -2.06. The summed E-state index contributed by atoms with van der Waals surface area (Å²) in [6.07, 6.45) is 1.48. The molecule has 3 nitrogen and oxygen atoms in total. The second kappa shape index (κ2) is 6.30. The molecule has 0 aliphatic carbocycles. The molecule has 0 aromatic carbocycles. The summed E-state index contributed by atoms with van der Waals surface area (Å²) in [5, 5.41) is 0.395. The molecule has 15 heavy (non-hydrogen) atoms. The van der Waals surface area contributed by atoms with Gasteiger partial charge in [-0.15, -0.1) is 0 Å². The Hall–Kier alpha value is -1.22. The molecule has 0 unspecified atom stereocenters. The normalized spacial score (nSPS) is 13.0. The Labute approximate surface area is 95.0 Å². The van der Waals surface area contributed by atoms with Crippen LogP contribution in [0.15, 0.2) is 34.6 Å². The van der Waals surface area contributed by atoms with Gasteiger partial charge in [-0.05, 0) is 25.5 Å². The van der Waals surface area contributed by atoms with Crippen molar-refractivity contribution >= 4 is 17.6 Å². The van der Waals surface area contributed by atoms with Gasteiger partial charge in [0.15, 0.2) is 0 Å². The first-order valence-corrected chi connectivity index (χ1v) is 4.68. The van der Waals surface area contributed by atoms with Crippen LogP contribution in [-0.4, -0.2) is 20.2 Å². The van der Waals surface area contributed by atoms with Crippen molar-refractivity contribution in [1.29, 1.82) is 0 Å². The van der Waals surface area contributed by atoms with E-state index in [4.69, 9.17) is 16.3 Å². The number of esters is 1. The third kappa shape index (κ3) is 4.21. The summed E-state index contributed by atoms with van der Waals surface area (Å²) >= 11 is 5.88. The lowest BCUT2D eigenvalue weighted by Crippen LogP contribution is -2.06. The molecule has 0 N–H and O–H groups in total. The van der Waals surface area contributed by atoms with Crippen molar-refractivity contribution < 1.29 is 14.3 Å². The van der Waals surface area contributed by atoms with E-state index >= 15 is 0 Å². The van der Waals surface area contributed by atoms with E-state index in [1.54, 1.807) is 13.8 Å². The first-order valence-electron chi connectivity index (χ1n) is 4.30. The maximum atomic E-state index is 11.4. The van der Waals surface area contributed by atoms with Crippen molar-refractivity contribution in [3.63, 3.8) is 0 Å². The van der Waals surface area contributed by atoms with Crippen LogP contribution in [0.25, 0.3) is 0 Å². The second-order valence-electron chi connectivity index (χ2n) is 2.94. The molecule has 0 amide bonds. The number of allylic oxidation sites excluding steroid dienone is 3. The molecular weight excluding hydrogens is 216 g/mol. The Bertz CT molecular complexity index is 327. The molecule has 0 heterocycles. The van der Waals surface area contributed by atoms with Crippen LogP contribution in [0.5, 0.6) is 0 Å². The molecule has 84 valence electrons.